The minimum absolute atomic E-state index is 0.200. The average Bonchev–Trinajstić information content (AvgIpc) is 3.25. The molecule has 1 N–H and O–H groups in total. The van der Waals surface area contributed by atoms with Gasteiger partial charge in [-0.2, -0.15) is 13.8 Å². The molecule has 0 unspecified atom stereocenters. The van der Waals surface area contributed by atoms with E-state index in [1.807, 2.05) is 48.5 Å². The molecule has 2 aromatic heterocycles. The van der Waals surface area contributed by atoms with E-state index >= 15 is 0 Å². The Morgan fingerprint density at radius 3 is 2.70 bits per heavy atom. The van der Waals surface area contributed by atoms with Crippen LogP contribution in [0.3, 0.4) is 0 Å². The SMILES string of the molecule is O=C(Cn1nc(-c2ccc3ccccc3c2)ccc1=O)Nc1cccc2nsnc12. The van der Waals surface area contributed by atoms with Crippen LogP contribution in [0.15, 0.2) is 77.6 Å². The molecule has 30 heavy (non-hydrogen) atoms. The highest BCUT2D eigenvalue weighted by Gasteiger charge is 2.12. The first kappa shape index (κ1) is 18.1. The molecule has 0 aliphatic rings. The van der Waals surface area contributed by atoms with E-state index in [4.69, 9.17) is 0 Å². The zero-order chi connectivity index (χ0) is 20.5. The average molecular weight is 413 g/mol. The third-order valence-electron chi connectivity index (χ3n) is 4.77. The van der Waals surface area contributed by atoms with Crippen molar-refractivity contribution < 1.29 is 4.79 Å². The molecule has 8 heteroatoms. The zero-order valence-corrected chi connectivity index (χ0v) is 16.5. The number of nitrogens with zero attached hydrogens (tertiary/aromatic N) is 4. The van der Waals surface area contributed by atoms with Crippen LogP contribution in [0.2, 0.25) is 0 Å². The molecule has 0 saturated heterocycles. The van der Waals surface area contributed by atoms with Gasteiger partial charge in [-0.15, -0.1) is 0 Å². The Morgan fingerprint density at radius 1 is 0.933 bits per heavy atom. The summed E-state index contributed by atoms with van der Waals surface area (Å²) in [5.74, 6) is -0.360. The standard InChI is InChI=1S/C22H15N5O2S/c28-20(23-18-6-3-7-19-22(18)26-30-25-19)13-27-21(29)11-10-17(24-27)16-9-8-14-4-1-2-5-15(14)12-16/h1-12H,13H2,(H,23,28). The molecule has 0 spiro atoms. The van der Waals surface area contributed by atoms with Gasteiger partial charge in [-0.05, 0) is 35.0 Å². The summed E-state index contributed by atoms with van der Waals surface area (Å²) in [6, 6.07) is 22.5. The molecule has 1 amide bonds. The molecule has 146 valence electrons. The summed E-state index contributed by atoms with van der Waals surface area (Å²) in [6.45, 7) is -0.200. The van der Waals surface area contributed by atoms with Crippen molar-refractivity contribution in [3.05, 3.63) is 83.2 Å². The number of fused-ring (bicyclic) bond motifs is 2. The molecule has 0 bridgehead atoms. The van der Waals surface area contributed by atoms with E-state index in [-0.39, 0.29) is 18.0 Å². The first-order valence-corrected chi connectivity index (χ1v) is 9.99. The fourth-order valence-corrected chi connectivity index (χ4v) is 3.85. The number of amides is 1. The molecule has 0 fully saturated rings. The molecule has 3 aromatic carbocycles. The maximum atomic E-state index is 12.6. The van der Waals surface area contributed by atoms with Crippen LogP contribution in [0.25, 0.3) is 33.1 Å². The molecule has 0 radical (unpaired) electrons. The van der Waals surface area contributed by atoms with Crippen LogP contribution in [0.5, 0.6) is 0 Å². The number of hydrogen-bond donors (Lipinski definition) is 1. The van der Waals surface area contributed by atoms with Crippen LogP contribution in [-0.4, -0.2) is 24.4 Å². The van der Waals surface area contributed by atoms with E-state index in [2.05, 4.69) is 19.2 Å². The Hall–Kier alpha value is -3.91. The molecular formula is C22H15N5O2S. The number of aromatic nitrogens is 4. The monoisotopic (exact) mass is 413 g/mol. The van der Waals surface area contributed by atoms with Gasteiger partial charge in [0.15, 0.2) is 0 Å². The summed E-state index contributed by atoms with van der Waals surface area (Å²) in [6.07, 6.45) is 0. The van der Waals surface area contributed by atoms with Gasteiger partial charge in [0.2, 0.25) is 5.91 Å². The van der Waals surface area contributed by atoms with Gasteiger partial charge >= 0.3 is 0 Å². The lowest BCUT2D eigenvalue weighted by Crippen LogP contribution is -2.29. The molecule has 0 aliphatic carbocycles. The van der Waals surface area contributed by atoms with E-state index in [1.54, 1.807) is 18.2 Å². The van der Waals surface area contributed by atoms with Gasteiger partial charge < -0.3 is 5.32 Å². The molecule has 5 aromatic rings. The highest BCUT2D eigenvalue weighted by Crippen LogP contribution is 2.23. The minimum Gasteiger partial charge on any atom is -0.322 e. The summed E-state index contributed by atoms with van der Waals surface area (Å²) in [4.78, 5) is 24.8. The van der Waals surface area contributed by atoms with Crippen LogP contribution in [-0.2, 0) is 11.3 Å². The number of rotatable bonds is 4. The predicted octanol–water partition coefficient (Wildman–Crippen LogP) is 3.71. The Kier molecular flexibility index (Phi) is 4.53. The lowest BCUT2D eigenvalue weighted by atomic mass is 10.1. The molecule has 5 rings (SSSR count). The highest BCUT2D eigenvalue weighted by atomic mass is 32.1. The van der Waals surface area contributed by atoms with Crippen molar-refractivity contribution in [3.63, 3.8) is 0 Å². The molecule has 0 atom stereocenters. The van der Waals surface area contributed by atoms with Crippen molar-refractivity contribution in [2.75, 3.05) is 5.32 Å². The fourth-order valence-electron chi connectivity index (χ4n) is 3.30. The topological polar surface area (TPSA) is 89.8 Å². The van der Waals surface area contributed by atoms with Gasteiger partial charge in [-0.1, -0.05) is 42.5 Å². The third kappa shape index (κ3) is 3.44. The smallest absolute Gasteiger partial charge is 0.267 e. The first-order valence-electron chi connectivity index (χ1n) is 9.26. The van der Waals surface area contributed by atoms with Crippen molar-refractivity contribution in [2.24, 2.45) is 0 Å². The molecule has 2 heterocycles. The Labute approximate surface area is 174 Å². The zero-order valence-electron chi connectivity index (χ0n) is 15.6. The molecule has 0 saturated carbocycles. The molecular weight excluding hydrogens is 398 g/mol. The summed E-state index contributed by atoms with van der Waals surface area (Å²) in [7, 11) is 0. The second-order valence-corrected chi connectivity index (χ2v) is 7.29. The van der Waals surface area contributed by atoms with E-state index < -0.39 is 0 Å². The number of anilines is 1. The van der Waals surface area contributed by atoms with Crippen LogP contribution in [0.4, 0.5) is 5.69 Å². The van der Waals surface area contributed by atoms with E-state index in [9.17, 15) is 9.59 Å². The van der Waals surface area contributed by atoms with Crippen molar-refractivity contribution >= 4 is 45.1 Å². The minimum atomic E-state index is -0.360. The quantitative estimate of drug-likeness (QED) is 0.485. The van der Waals surface area contributed by atoms with Gasteiger partial charge in [0.25, 0.3) is 5.56 Å². The largest absolute Gasteiger partial charge is 0.322 e. The first-order chi connectivity index (χ1) is 14.7. The van der Waals surface area contributed by atoms with Gasteiger partial charge in [0.05, 0.1) is 23.1 Å². The maximum Gasteiger partial charge on any atom is 0.267 e. The lowest BCUT2D eigenvalue weighted by Gasteiger charge is -2.09. The maximum absolute atomic E-state index is 12.6. The second kappa shape index (κ2) is 7.49. The highest BCUT2D eigenvalue weighted by molar-refractivity contribution is 7.00. The van der Waals surface area contributed by atoms with Crippen LogP contribution in [0, 0.1) is 0 Å². The van der Waals surface area contributed by atoms with Crippen molar-refractivity contribution in [1.82, 2.24) is 18.5 Å². The lowest BCUT2D eigenvalue weighted by molar-refractivity contribution is -0.117. The van der Waals surface area contributed by atoms with Gasteiger partial charge in [-0.3, -0.25) is 9.59 Å². The number of hydrogen-bond acceptors (Lipinski definition) is 6. The number of carbonyl (C=O) groups excluding carboxylic acids is 1. The van der Waals surface area contributed by atoms with Gasteiger partial charge in [-0.25, -0.2) is 4.68 Å². The van der Waals surface area contributed by atoms with E-state index in [0.717, 1.165) is 28.1 Å². The van der Waals surface area contributed by atoms with Crippen LogP contribution < -0.4 is 10.9 Å². The summed E-state index contributed by atoms with van der Waals surface area (Å²) in [5.41, 5.74) is 3.06. The number of nitrogens with one attached hydrogen (secondary N) is 1. The summed E-state index contributed by atoms with van der Waals surface area (Å²) < 4.78 is 9.54. The van der Waals surface area contributed by atoms with Crippen LogP contribution in [0.1, 0.15) is 0 Å². The van der Waals surface area contributed by atoms with Gasteiger partial charge in [0.1, 0.15) is 17.6 Å². The number of benzene rings is 3. The van der Waals surface area contributed by atoms with E-state index in [1.165, 1.54) is 10.7 Å². The number of carbonyl (C=O) groups is 1. The predicted molar refractivity (Wildman–Crippen MR) is 117 cm³/mol. The Morgan fingerprint density at radius 2 is 1.80 bits per heavy atom. The fraction of sp³-hybridized carbons (Fsp3) is 0.0455. The molecule has 0 aliphatic heterocycles. The molecule has 7 nitrogen and oxygen atoms in total. The third-order valence-corrected chi connectivity index (χ3v) is 5.31. The van der Waals surface area contributed by atoms with Crippen molar-refractivity contribution in [3.8, 4) is 11.3 Å². The summed E-state index contributed by atoms with van der Waals surface area (Å²) in [5, 5.41) is 9.40. The van der Waals surface area contributed by atoms with Crippen LogP contribution >= 0.6 is 11.7 Å². The van der Waals surface area contributed by atoms with Gasteiger partial charge in [0, 0.05) is 11.6 Å². The normalized spacial score (nSPS) is 11.1. The van der Waals surface area contributed by atoms with E-state index in [0.29, 0.717) is 22.4 Å². The van der Waals surface area contributed by atoms with Crippen molar-refractivity contribution in [1.29, 1.82) is 0 Å². The second-order valence-electron chi connectivity index (χ2n) is 6.76. The summed E-state index contributed by atoms with van der Waals surface area (Å²) >= 11 is 1.08. The Balaban J connectivity index is 1.42. The Bertz CT molecular complexity index is 1460. The van der Waals surface area contributed by atoms with Crippen molar-refractivity contribution in [2.45, 2.75) is 6.54 Å².